The molecule has 2 heterocycles. The number of halogens is 1. The Labute approximate surface area is 159 Å². The zero-order valence-corrected chi connectivity index (χ0v) is 16.2. The molecule has 2 aromatic rings. The molecule has 7 heteroatoms. The van der Waals surface area contributed by atoms with Crippen LogP contribution in [0.2, 0.25) is 5.02 Å². The summed E-state index contributed by atoms with van der Waals surface area (Å²) in [5, 5.41) is 7.43. The first kappa shape index (κ1) is 18.9. The molecule has 0 bridgehead atoms. The summed E-state index contributed by atoms with van der Waals surface area (Å²) in [5.41, 5.74) is 1.15. The van der Waals surface area contributed by atoms with Gasteiger partial charge in [-0.1, -0.05) is 35.0 Å². The van der Waals surface area contributed by atoms with E-state index in [0.717, 1.165) is 36.8 Å². The Bertz CT molecular complexity index is 756. The monoisotopic (exact) mass is 376 g/mol. The molecular weight excluding hydrogens is 352 g/mol. The molecule has 0 saturated carbocycles. The van der Waals surface area contributed by atoms with Gasteiger partial charge in [-0.3, -0.25) is 14.6 Å². The van der Waals surface area contributed by atoms with Crippen LogP contribution in [0.25, 0.3) is 0 Å². The summed E-state index contributed by atoms with van der Waals surface area (Å²) in [6, 6.07) is 9.74. The summed E-state index contributed by atoms with van der Waals surface area (Å²) >= 11 is 6.33. The van der Waals surface area contributed by atoms with Gasteiger partial charge in [-0.2, -0.15) is 0 Å². The Kier molecular flexibility index (Phi) is 5.96. The summed E-state index contributed by atoms with van der Waals surface area (Å²) in [4.78, 5) is 17.0. The number of nitrogens with zero attached hydrogens (tertiary/aromatic N) is 3. The minimum absolute atomic E-state index is 0.0640. The maximum atomic E-state index is 12.4. The van der Waals surface area contributed by atoms with E-state index in [2.05, 4.69) is 33.3 Å². The van der Waals surface area contributed by atoms with E-state index in [1.54, 1.807) is 13.0 Å². The molecule has 1 amide bonds. The van der Waals surface area contributed by atoms with Crippen molar-refractivity contribution in [3.8, 4) is 0 Å². The number of aromatic nitrogens is 1. The highest BCUT2D eigenvalue weighted by molar-refractivity contribution is 6.31. The van der Waals surface area contributed by atoms with Gasteiger partial charge >= 0.3 is 0 Å². The van der Waals surface area contributed by atoms with Gasteiger partial charge in [-0.15, -0.1) is 0 Å². The van der Waals surface area contributed by atoms with Gasteiger partial charge in [0.05, 0.1) is 6.04 Å². The van der Waals surface area contributed by atoms with Crippen molar-refractivity contribution in [3.05, 3.63) is 46.7 Å². The van der Waals surface area contributed by atoms with Crippen molar-refractivity contribution in [1.29, 1.82) is 0 Å². The highest BCUT2D eigenvalue weighted by Crippen LogP contribution is 2.28. The van der Waals surface area contributed by atoms with Crippen LogP contribution in [0.5, 0.6) is 0 Å². The van der Waals surface area contributed by atoms with E-state index in [9.17, 15) is 4.79 Å². The summed E-state index contributed by atoms with van der Waals surface area (Å²) in [5.74, 6) is 1.08. The van der Waals surface area contributed by atoms with Crippen molar-refractivity contribution >= 4 is 23.3 Å². The quantitative estimate of drug-likeness (QED) is 0.867. The zero-order valence-electron chi connectivity index (χ0n) is 15.4. The van der Waals surface area contributed by atoms with Gasteiger partial charge in [-0.05, 0) is 32.4 Å². The highest BCUT2D eigenvalue weighted by atomic mass is 35.5. The lowest BCUT2D eigenvalue weighted by molar-refractivity contribution is -0.121. The molecule has 1 saturated heterocycles. The molecule has 1 N–H and O–H groups in total. The van der Waals surface area contributed by atoms with Gasteiger partial charge in [0.25, 0.3) is 0 Å². The van der Waals surface area contributed by atoms with Crippen LogP contribution in [0.15, 0.2) is 34.9 Å². The number of aryl methyl sites for hydroxylation is 1. The summed E-state index contributed by atoms with van der Waals surface area (Å²) in [6.07, 6.45) is 0. The third-order valence-corrected chi connectivity index (χ3v) is 5.40. The van der Waals surface area contributed by atoms with E-state index >= 15 is 0 Å². The molecule has 3 rings (SSSR count). The molecule has 1 aromatic carbocycles. The molecule has 1 aromatic heterocycles. The predicted molar refractivity (Wildman–Crippen MR) is 102 cm³/mol. The normalized spacial score (nSPS) is 18.5. The zero-order chi connectivity index (χ0) is 18.7. The molecule has 140 valence electrons. The van der Waals surface area contributed by atoms with Gasteiger partial charge in [0.2, 0.25) is 5.91 Å². The van der Waals surface area contributed by atoms with Crippen LogP contribution < -0.4 is 5.32 Å². The molecule has 2 atom stereocenters. The number of benzene rings is 1. The van der Waals surface area contributed by atoms with Crippen molar-refractivity contribution in [3.63, 3.8) is 0 Å². The minimum Gasteiger partial charge on any atom is -0.360 e. The van der Waals surface area contributed by atoms with Crippen LogP contribution in [0.1, 0.15) is 31.2 Å². The van der Waals surface area contributed by atoms with E-state index < -0.39 is 0 Å². The Balaban J connectivity index is 1.54. The summed E-state index contributed by atoms with van der Waals surface area (Å²) in [7, 11) is 0. The average molecular weight is 377 g/mol. The lowest BCUT2D eigenvalue weighted by Gasteiger charge is -2.40. The lowest BCUT2D eigenvalue weighted by Crippen LogP contribution is -2.53. The fraction of sp³-hybridized carbons (Fsp3) is 0.474. The Morgan fingerprint density at radius 3 is 2.46 bits per heavy atom. The van der Waals surface area contributed by atoms with Gasteiger partial charge in [0.15, 0.2) is 5.82 Å². The molecule has 2 unspecified atom stereocenters. The van der Waals surface area contributed by atoms with Crippen LogP contribution in [0, 0.1) is 6.92 Å². The average Bonchev–Trinajstić information content (AvgIpc) is 3.05. The number of hydrogen-bond donors (Lipinski definition) is 1. The Morgan fingerprint density at radius 1 is 1.19 bits per heavy atom. The number of carbonyl (C=O) groups is 1. The number of carbonyl (C=O) groups excluding carboxylic acids is 1. The second-order valence-corrected chi connectivity index (χ2v) is 7.16. The first-order valence-electron chi connectivity index (χ1n) is 8.92. The predicted octanol–water partition coefficient (Wildman–Crippen LogP) is 3.34. The van der Waals surface area contributed by atoms with Gasteiger partial charge in [0.1, 0.15) is 5.76 Å². The third-order valence-electron chi connectivity index (χ3n) is 5.06. The standard InChI is InChI=1S/C19H25ClN4O2/c1-13-12-18(22-26-13)21-19(25)15(3)24-10-8-23(9-11-24)14(2)16-6-4-5-7-17(16)20/h4-7,12,14-15H,8-11H2,1-3H3,(H,21,22,25). The highest BCUT2D eigenvalue weighted by Gasteiger charge is 2.28. The van der Waals surface area contributed by atoms with E-state index in [1.807, 2.05) is 25.1 Å². The third kappa shape index (κ3) is 4.26. The lowest BCUT2D eigenvalue weighted by atomic mass is 10.1. The largest absolute Gasteiger partial charge is 0.360 e. The molecule has 1 aliphatic heterocycles. The Hall–Kier alpha value is -1.89. The van der Waals surface area contributed by atoms with Gasteiger partial charge < -0.3 is 9.84 Å². The van der Waals surface area contributed by atoms with Crippen LogP contribution in [-0.2, 0) is 4.79 Å². The van der Waals surface area contributed by atoms with Crippen LogP contribution >= 0.6 is 11.6 Å². The van der Waals surface area contributed by atoms with Gasteiger partial charge in [0, 0.05) is 43.3 Å². The summed E-state index contributed by atoms with van der Waals surface area (Å²) in [6.45, 7) is 9.36. The van der Waals surface area contributed by atoms with E-state index in [1.165, 1.54) is 0 Å². The van der Waals surface area contributed by atoms with Crippen molar-refractivity contribution < 1.29 is 9.32 Å². The fourth-order valence-electron chi connectivity index (χ4n) is 3.34. The van der Waals surface area contributed by atoms with E-state index in [-0.39, 0.29) is 18.0 Å². The maximum absolute atomic E-state index is 12.4. The fourth-order valence-corrected chi connectivity index (χ4v) is 3.64. The van der Waals surface area contributed by atoms with Crippen LogP contribution in [0.4, 0.5) is 5.82 Å². The minimum atomic E-state index is -0.218. The second kappa shape index (κ2) is 8.20. The number of amides is 1. The second-order valence-electron chi connectivity index (χ2n) is 6.76. The first-order valence-corrected chi connectivity index (χ1v) is 9.30. The topological polar surface area (TPSA) is 61.6 Å². The van der Waals surface area contributed by atoms with E-state index in [4.69, 9.17) is 16.1 Å². The maximum Gasteiger partial charge on any atom is 0.242 e. The van der Waals surface area contributed by atoms with Crippen molar-refractivity contribution in [1.82, 2.24) is 15.0 Å². The number of hydrogen-bond acceptors (Lipinski definition) is 5. The number of piperazine rings is 1. The molecule has 26 heavy (non-hydrogen) atoms. The van der Waals surface area contributed by atoms with Crippen molar-refractivity contribution in [2.75, 3.05) is 31.5 Å². The van der Waals surface area contributed by atoms with E-state index in [0.29, 0.717) is 11.6 Å². The number of anilines is 1. The van der Waals surface area contributed by atoms with Crippen LogP contribution in [0.3, 0.4) is 0 Å². The van der Waals surface area contributed by atoms with Crippen molar-refractivity contribution in [2.45, 2.75) is 32.9 Å². The molecule has 0 radical (unpaired) electrons. The number of rotatable bonds is 5. The van der Waals surface area contributed by atoms with Crippen LogP contribution in [-0.4, -0.2) is 53.1 Å². The number of nitrogens with one attached hydrogen (secondary N) is 1. The Morgan fingerprint density at radius 2 is 1.85 bits per heavy atom. The SMILES string of the molecule is Cc1cc(NC(=O)C(C)N2CCN(C(C)c3ccccc3Cl)CC2)no1. The summed E-state index contributed by atoms with van der Waals surface area (Å²) < 4.78 is 4.99. The molecule has 0 aliphatic carbocycles. The first-order chi connectivity index (χ1) is 12.5. The van der Waals surface area contributed by atoms with Gasteiger partial charge in [-0.25, -0.2) is 0 Å². The molecule has 0 spiro atoms. The molecule has 1 fully saturated rings. The molecular formula is C19H25ClN4O2. The molecule has 6 nitrogen and oxygen atoms in total. The molecule has 1 aliphatic rings. The smallest absolute Gasteiger partial charge is 0.242 e. The van der Waals surface area contributed by atoms with Crippen molar-refractivity contribution in [2.24, 2.45) is 0 Å².